The molecule has 21 heavy (non-hydrogen) atoms. The van der Waals surface area contributed by atoms with Crippen molar-refractivity contribution in [3.8, 4) is 0 Å². The molecule has 2 heteroatoms. The summed E-state index contributed by atoms with van der Waals surface area (Å²) in [6.45, 7) is 6.71. The van der Waals surface area contributed by atoms with Crippen molar-refractivity contribution in [2.75, 3.05) is 0 Å². The molecule has 0 N–H and O–H groups in total. The van der Waals surface area contributed by atoms with Gasteiger partial charge >= 0.3 is 0 Å². The zero-order valence-electron chi connectivity index (χ0n) is 13.2. The summed E-state index contributed by atoms with van der Waals surface area (Å²) in [5.74, 6) is 0. The molecule has 2 aromatic carbocycles. The van der Waals surface area contributed by atoms with Crippen LogP contribution in [-0.2, 0) is 0 Å². The second-order valence-electron chi connectivity index (χ2n) is 6.22. The average molecular weight is 280 g/mol. The summed E-state index contributed by atoms with van der Waals surface area (Å²) in [7, 11) is 0. The normalized spacial score (nSPS) is 23.6. The first-order chi connectivity index (χ1) is 10.2. The summed E-state index contributed by atoms with van der Waals surface area (Å²) in [6.07, 6.45) is 3.81. The van der Waals surface area contributed by atoms with E-state index in [9.17, 15) is 0 Å². The van der Waals surface area contributed by atoms with E-state index in [2.05, 4.69) is 68.2 Å². The molecule has 1 fully saturated rings. The van der Waals surface area contributed by atoms with Crippen molar-refractivity contribution in [2.24, 2.45) is 5.10 Å². The molecule has 1 aliphatic rings. The molecule has 1 saturated heterocycles. The van der Waals surface area contributed by atoms with Gasteiger partial charge in [-0.05, 0) is 50.8 Å². The van der Waals surface area contributed by atoms with Crippen LogP contribution in [0.5, 0.6) is 0 Å². The maximum Gasteiger partial charge on any atom is 0.0653 e. The lowest BCUT2D eigenvalue weighted by Crippen LogP contribution is -2.40. The van der Waals surface area contributed by atoms with Gasteiger partial charge in [0.25, 0.3) is 0 Å². The van der Waals surface area contributed by atoms with E-state index in [1.54, 1.807) is 0 Å². The van der Waals surface area contributed by atoms with E-state index in [-0.39, 0.29) is 0 Å². The Hall–Kier alpha value is -1.83. The third kappa shape index (κ3) is 2.80. The van der Waals surface area contributed by atoms with Gasteiger partial charge in [-0.15, -0.1) is 0 Å². The van der Waals surface area contributed by atoms with Crippen molar-refractivity contribution in [1.29, 1.82) is 0 Å². The Morgan fingerprint density at radius 2 is 1.67 bits per heavy atom. The Morgan fingerprint density at radius 1 is 1.00 bits per heavy atom. The fourth-order valence-corrected chi connectivity index (χ4v) is 3.37. The largest absolute Gasteiger partial charge is 0.291 e. The molecule has 0 spiro atoms. The van der Waals surface area contributed by atoms with Crippen LogP contribution in [0.15, 0.2) is 47.6 Å². The number of piperidine rings is 1. The molecule has 3 rings (SSSR count). The molecule has 1 heterocycles. The van der Waals surface area contributed by atoms with Gasteiger partial charge < -0.3 is 0 Å². The first-order valence-electron chi connectivity index (χ1n) is 7.98. The second-order valence-corrected chi connectivity index (χ2v) is 6.22. The molecular weight excluding hydrogens is 256 g/mol. The molecule has 0 saturated carbocycles. The molecule has 2 unspecified atom stereocenters. The zero-order chi connectivity index (χ0) is 14.8. The Bertz CT molecular complexity index is 644. The monoisotopic (exact) mass is 280 g/mol. The Kier molecular flexibility index (Phi) is 3.96. The van der Waals surface area contributed by atoms with Gasteiger partial charge in [0.15, 0.2) is 0 Å². The number of benzene rings is 2. The molecule has 0 bridgehead atoms. The summed E-state index contributed by atoms with van der Waals surface area (Å²) in [6, 6.07) is 16.1. The van der Waals surface area contributed by atoms with Crippen LogP contribution in [0.4, 0.5) is 0 Å². The third-order valence-electron chi connectivity index (χ3n) is 4.59. The second kappa shape index (κ2) is 5.88. The fraction of sp³-hybridized carbons (Fsp3) is 0.421. The van der Waals surface area contributed by atoms with E-state index in [0.29, 0.717) is 12.1 Å². The molecule has 2 aromatic rings. The van der Waals surface area contributed by atoms with Crippen molar-refractivity contribution < 1.29 is 0 Å². The van der Waals surface area contributed by atoms with Crippen LogP contribution in [0.2, 0.25) is 0 Å². The highest BCUT2D eigenvalue weighted by molar-refractivity contribution is 6.09. The lowest BCUT2D eigenvalue weighted by Gasteiger charge is -2.37. The van der Waals surface area contributed by atoms with E-state index in [4.69, 9.17) is 5.10 Å². The molecule has 0 radical (unpaired) electrons. The summed E-state index contributed by atoms with van der Waals surface area (Å²) in [5, 5.41) is 9.85. The van der Waals surface area contributed by atoms with Crippen molar-refractivity contribution in [3.63, 3.8) is 0 Å². The molecule has 2 atom stereocenters. The highest BCUT2D eigenvalue weighted by Crippen LogP contribution is 2.24. The van der Waals surface area contributed by atoms with Gasteiger partial charge in [-0.1, -0.05) is 42.5 Å². The SMILES string of the molecule is CC(=NN1C(C)CCCC1C)c1cccc2ccccc12. The third-order valence-corrected chi connectivity index (χ3v) is 4.59. The topological polar surface area (TPSA) is 15.6 Å². The first kappa shape index (κ1) is 14.1. The molecule has 1 aliphatic heterocycles. The lowest BCUT2D eigenvalue weighted by molar-refractivity contribution is 0.108. The van der Waals surface area contributed by atoms with Crippen LogP contribution >= 0.6 is 0 Å². The minimum Gasteiger partial charge on any atom is -0.291 e. The van der Waals surface area contributed by atoms with Crippen LogP contribution in [0, 0.1) is 0 Å². The van der Waals surface area contributed by atoms with Gasteiger partial charge in [0, 0.05) is 17.6 Å². The predicted octanol–water partition coefficient (Wildman–Crippen LogP) is 4.83. The molecular formula is C19H24N2. The zero-order valence-corrected chi connectivity index (χ0v) is 13.2. The van der Waals surface area contributed by atoms with E-state index in [1.165, 1.54) is 35.6 Å². The standard InChI is InChI=1S/C19H24N2/c1-14-8-6-9-15(2)21(14)20-16(3)18-13-7-11-17-10-4-5-12-19(17)18/h4-5,7,10-15H,6,8-9H2,1-3H3. The summed E-state index contributed by atoms with van der Waals surface area (Å²) in [5.41, 5.74) is 2.37. The van der Waals surface area contributed by atoms with E-state index >= 15 is 0 Å². The van der Waals surface area contributed by atoms with Gasteiger partial charge in [0.05, 0.1) is 5.71 Å². The van der Waals surface area contributed by atoms with Crippen LogP contribution in [0.25, 0.3) is 10.8 Å². The van der Waals surface area contributed by atoms with Gasteiger partial charge in [0.2, 0.25) is 0 Å². The number of nitrogens with zero attached hydrogens (tertiary/aromatic N) is 2. The molecule has 0 aromatic heterocycles. The van der Waals surface area contributed by atoms with Gasteiger partial charge in [-0.2, -0.15) is 5.10 Å². The predicted molar refractivity (Wildman–Crippen MR) is 90.8 cm³/mol. The Balaban J connectivity index is 1.99. The maximum atomic E-state index is 4.97. The average Bonchev–Trinajstić information content (AvgIpc) is 2.50. The highest BCUT2D eigenvalue weighted by Gasteiger charge is 2.23. The lowest BCUT2D eigenvalue weighted by atomic mass is 9.99. The van der Waals surface area contributed by atoms with Crippen molar-refractivity contribution in [3.05, 3.63) is 48.0 Å². The minimum atomic E-state index is 0.540. The van der Waals surface area contributed by atoms with E-state index in [1.807, 2.05) is 0 Å². The van der Waals surface area contributed by atoms with Crippen molar-refractivity contribution in [1.82, 2.24) is 5.01 Å². The van der Waals surface area contributed by atoms with Gasteiger partial charge in [0.1, 0.15) is 0 Å². The quantitative estimate of drug-likeness (QED) is 0.720. The Labute approximate surface area is 127 Å². The summed E-state index contributed by atoms with van der Waals surface area (Å²) < 4.78 is 0. The van der Waals surface area contributed by atoms with E-state index < -0.39 is 0 Å². The molecule has 0 aliphatic carbocycles. The number of hydrogen-bond donors (Lipinski definition) is 0. The van der Waals surface area contributed by atoms with E-state index in [0.717, 1.165) is 5.71 Å². The van der Waals surface area contributed by atoms with Crippen LogP contribution in [0.1, 0.15) is 45.6 Å². The van der Waals surface area contributed by atoms with Crippen LogP contribution < -0.4 is 0 Å². The molecule has 0 amide bonds. The Morgan fingerprint density at radius 3 is 2.43 bits per heavy atom. The first-order valence-corrected chi connectivity index (χ1v) is 7.98. The maximum absolute atomic E-state index is 4.97. The van der Waals surface area contributed by atoms with Crippen molar-refractivity contribution in [2.45, 2.75) is 52.1 Å². The smallest absolute Gasteiger partial charge is 0.0653 e. The molecule has 2 nitrogen and oxygen atoms in total. The highest BCUT2D eigenvalue weighted by atomic mass is 15.5. The summed E-state index contributed by atoms with van der Waals surface area (Å²) >= 11 is 0. The number of fused-ring (bicyclic) bond motifs is 1. The summed E-state index contributed by atoms with van der Waals surface area (Å²) in [4.78, 5) is 0. The number of hydrogen-bond acceptors (Lipinski definition) is 2. The van der Waals surface area contributed by atoms with Gasteiger partial charge in [-0.25, -0.2) is 0 Å². The van der Waals surface area contributed by atoms with Gasteiger partial charge in [-0.3, -0.25) is 5.01 Å². The fourth-order valence-electron chi connectivity index (χ4n) is 3.37. The van der Waals surface area contributed by atoms with Crippen molar-refractivity contribution >= 4 is 16.5 Å². The van der Waals surface area contributed by atoms with Crippen LogP contribution in [0.3, 0.4) is 0 Å². The minimum absolute atomic E-state index is 0.540. The number of hydrazone groups is 1. The number of rotatable bonds is 2. The molecule has 110 valence electrons. The van der Waals surface area contributed by atoms with Crippen LogP contribution in [-0.4, -0.2) is 22.8 Å².